The third kappa shape index (κ3) is 7.31. The van der Waals surface area contributed by atoms with Gasteiger partial charge in [0.15, 0.2) is 6.61 Å². The van der Waals surface area contributed by atoms with Gasteiger partial charge >= 0.3 is 5.97 Å². The van der Waals surface area contributed by atoms with Crippen molar-refractivity contribution >= 4 is 33.5 Å². The molecule has 0 heterocycles. The number of benzene rings is 1. The number of nitrogens with one attached hydrogen (secondary N) is 2. The minimum absolute atomic E-state index is 0.0612. The van der Waals surface area contributed by atoms with E-state index in [4.69, 9.17) is 16.3 Å². The maximum atomic E-state index is 12.5. The molecule has 0 bridgehead atoms. The second kappa shape index (κ2) is 8.83. The Hall–Kier alpha value is -1.64. The van der Waals surface area contributed by atoms with E-state index >= 15 is 0 Å². The topological polar surface area (TPSA) is 102 Å². The van der Waals surface area contributed by atoms with Crippen molar-refractivity contribution in [2.75, 3.05) is 6.61 Å². The molecule has 0 radical (unpaired) electrons. The predicted octanol–water partition coefficient (Wildman–Crippen LogP) is 2.10. The molecule has 0 aliphatic rings. The Morgan fingerprint density at radius 1 is 1.23 bits per heavy atom. The molecule has 0 aromatic heterocycles. The molecule has 2 N–H and O–H groups in total. The summed E-state index contributed by atoms with van der Waals surface area (Å²) in [4.78, 5) is 24.0. The summed E-state index contributed by atoms with van der Waals surface area (Å²) in [6, 6.07) is 4.55. The smallest absolute Gasteiger partial charge is 0.324 e. The Balaban J connectivity index is 2.82. The molecule has 0 saturated heterocycles. The average molecular weight is 405 g/mol. The second-order valence-electron chi connectivity index (χ2n) is 7.21. The summed E-state index contributed by atoms with van der Waals surface area (Å²) in [6.07, 6.45) is 0. The number of ether oxygens (including phenoxy) is 1. The van der Waals surface area contributed by atoms with Crippen LogP contribution in [0.2, 0.25) is 5.02 Å². The Kier molecular flexibility index (Phi) is 7.61. The Bertz CT molecular complexity index is 757. The zero-order valence-corrected chi connectivity index (χ0v) is 17.1. The lowest BCUT2D eigenvalue weighted by Gasteiger charge is -2.22. The summed E-state index contributed by atoms with van der Waals surface area (Å²) in [6.45, 7) is 8.23. The van der Waals surface area contributed by atoms with Crippen LogP contribution < -0.4 is 10.0 Å². The molecule has 1 rings (SSSR count). The van der Waals surface area contributed by atoms with E-state index in [1.54, 1.807) is 40.7 Å². The molecular formula is C17H25ClN2O5S. The summed E-state index contributed by atoms with van der Waals surface area (Å²) in [7, 11) is -3.98. The van der Waals surface area contributed by atoms with Gasteiger partial charge in [-0.1, -0.05) is 31.5 Å². The van der Waals surface area contributed by atoms with Gasteiger partial charge in [0, 0.05) is 10.6 Å². The van der Waals surface area contributed by atoms with Crippen molar-refractivity contribution < 1.29 is 22.7 Å². The van der Waals surface area contributed by atoms with Gasteiger partial charge in [0.05, 0.1) is 4.90 Å². The molecule has 0 aliphatic heterocycles. The van der Waals surface area contributed by atoms with Gasteiger partial charge < -0.3 is 10.1 Å². The van der Waals surface area contributed by atoms with E-state index in [1.807, 2.05) is 0 Å². The van der Waals surface area contributed by atoms with Crippen LogP contribution in [0.4, 0.5) is 0 Å². The minimum Gasteiger partial charge on any atom is -0.454 e. The lowest BCUT2D eigenvalue weighted by atomic mass is 10.1. The van der Waals surface area contributed by atoms with E-state index in [1.165, 1.54) is 18.2 Å². The van der Waals surface area contributed by atoms with Gasteiger partial charge in [0.2, 0.25) is 10.0 Å². The largest absolute Gasteiger partial charge is 0.454 e. The second-order valence-corrected chi connectivity index (χ2v) is 9.36. The van der Waals surface area contributed by atoms with Crippen LogP contribution in [-0.2, 0) is 24.3 Å². The number of carbonyl (C=O) groups is 2. The highest BCUT2D eigenvalue weighted by molar-refractivity contribution is 7.89. The predicted molar refractivity (Wildman–Crippen MR) is 99.3 cm³/mol. The maximum Gasteiger partial charge on any atom is 0.324 e. The normalized spacial score (nSPS) is 13.3. The number of halogens is 1. The van der Waals surface area contributed by atoms with Gasteiger partial charge in [-0.05, 0) is 44.9 Å². The monoisotopic (exact) mass is 404 g/mol. The van der Waals surface area contributed by atoms with E-state index < -0.39 is 40.1 Å². The van der Waals surface area contributed by atoms with E-state index in [0.29, 0.717) is 0 Å². The lowest BCUT2D eigenvalue weighted by molar-refractivity contribution is -0.151. The van der Waals surface area contributed by atoms with Crippen LogP contribution in [-0.4, -0.2) is 38.5 Å². The summed E-state index contributed by atoms with van der Waals surface area (Å²) in [5.41, 5.74) is -0.463. The number of rotatable bonds is 7. The van der Waals surface area contributed by atoms with Crippen LogP contribution in [0.15, 0.2) is 29.2 Å². The molecular weight excluding hydrogens is 380 g/mol. The summed E-state index contributed by atoms with van der Waals surface area (Å²) in [5.74, 6) is -1.68. The Morgan fingerprint density at radius 3 is 2.35 bits per heavy atom. The number of esters is 1. The van der Waals surface area contributed by atoms with Crippen LogP contribution in [0.5, 0.6) is 0 Å². The minimum atomic E-state index is -3.98. The summed E-state index contributed by atoms with van der Waals surface area (Å²) >= 11 is 5.82. The highest BCUT2D eigenvalue weighted by atomic mass is 35.5. The van der Waals surface area contributed by atoms with Crippen molar-refractivity contribution in [3.05, 3.63) is 29.3 Å². The van der Waals surface area contributed by atoms with Gasteiger partial charge in [-0.3, -0.25) is 9.59 Å². The zero-order chi connectivity index (χ0) is 20.1. The number of amides is 1. The number of hydrogen-bond donors (Lipinski definition) is 2. The SMILES string of the molecule is CC(C)[C@H](NS(=O)(=O)c1cccc(Cl)c1)C(=O)OCC(=O)NC(C)(C)C. The van der Waals surface area contributed by atoms with E-state index in [-0.39, 0.29) is 15.8 Å². The van der Waals surface area contributed by atoms with Gasteiger partial charge in [-0.15, -0.1) is 0 Å². The fourth-order valence-electron chi connectivity index (χ4n) is 2.01. The molecule has 1 aromatic carbocycles. The van der Waals surface area contributed by atoms with Crippen LogP contribution in [0.3, 0.4) is 0 Å². The van der Waals surface area contributed by atoms with Gasteiger partial charge in [-0.25, -0.2) is 8.42 Å². The third-order valence-electron chi connectivity index (χ3n) is 3.17. The molecule has 1 aromatic rings. The fourth-order valence-corrected chi connectivity index (χ4v) is 3.64. The quantitative estimate of drug-likeness (QED) is 0.677. The molecule has 0 fully saturated rings. The molecule has 7 nitrogen and oxygen atoms in total. The fraction of sp³-hybridized carbons (Fsp3) is 0.529. The Labute approximate surface area is 159 Å². The molecule has 26 heavy (non-hydrogen) atoms. The molecule has 0 aliphatic carbocycles. The lowest BCUT2D eigenvalue weighted by Crippen LogP contribution is -2.47. The first-order chi connectivity index (χ1) is 11.8. The average Bonchev–Trinajstić information content (AvgIpc) is 2.48. The molecule has 146 valence electrons. The van der Waals surface area contributed by atoms with Crippen LogP contribution in [0, 0.1) is 5.92 Å². The van der Waals surface area contributed by atoms with Crippen LogP contribution >= 0.6 is 11.6 Å². The number of carbonyl (C=O) groups excluding carboxylic acids is 2. The highest BCUT2D eigenvalue weighted by Crippen LogP contribution is 2.17. The van der Waals surface area contributed by atoms with Gasteiger partial charge in [0.1, 0.15) is 6.04 Å². The van der Waals surface area contributed by atoms with Gasteiger partial charge in [0.25, 0.3) is 5.91 Å². The molecule has 0 spiro atoms. The standard InChI is InChI=1S/C17H25ClN2O5S/c1-11(2)15(16(22)25-10-14(21)19-17(3,4)5)20-26(23,24)13-8-6-7-12(18)9-13/h6-9,11,15,20H,10H2,1-5H3,(H,19,21)/t15-/m0/s1. The maximum absolute atomic E-state index is 12.5. The van der Waals surface area contributed by atoms with Crippen molar-refractivity contribution in [1.82, 2.24) is 10.0 Å². The van der Waals surface area contributed by atoms with E-state index in [2.05, 4.69) is 10.0 Å². The molecule has 9 heteroatoms. The number of hydrogen-bond acceptors (Lipinski definition) is 5. The highest BCUT2D eigenvalue weighted by Gasteiger charge is 2.30. The summed E-state index contributed by atoms with van der Waals surface area (Å²) in [5, 5.41) is 2.91. The zero-order valence-electron chi connectivity index (χ0n) is 15.5. The summed E-state index contributed by atoms with van der Waals surface area (Å²) < 4.78 is 32.2. The van der Waals surface area contributed by atoms with Crippen LogP contribution in [0.25, 0.3) is 0 Å². The Morgan fingerprint density at radius 2 is 1.85 bits per heavy atom. The van der Waals surface area contributed by atoms with E-state index in [0.717, 1.165) is 0 Å². The van der Waals surface area contributed by atoms with Crippen molar-refractivity contribution in [1.29, 1.82) is 0 Å². The van der Waals surface area contributed by atoms with Crippen LogP contribution in [0.1, 0.15) is 34.6 Å². The van der Waals surface area contributed by atoms with Gasteiger partial charge in [-0.2, -0.15) is 4.72 Å². The molecule has 0 unspecified atom stereocenters. The first-order valence-corrected chi connectivity index (χ1v) is 9.93. The first-order valence-electron chi connectivity index (χ1n) is 8.07. The molecule has 0 saturated carbocycles. The first kappa shape index (κ1) is 22.4. The van der Waals surface area contributed by atoms with Crippen molar-refractivity contribution in [3.63, 3.8) is 0 Å². The molecule has 1 atom stereocenters. The molecule has 1 amide bonds. The van der Waals surface area contributed by atoms with E-state index in [9.17, 15) is 18.0 Å². The van der Waals surface area contributed by atoms with Crippen molar-refractivity contribution in [2.45, 2.75) is 51.1 Å². The van der Waals surface area contributed by atoms with Crippen molar-refractivity contribution in [2.24, 2.45) is 5.92 Å². The van der Waals surface area contributed by atoms with Crippen molar-refractivity contribution in [3.8, 4) is 0 Å². The third-order valence-corrected chi connectivity index (χ3v) is 4.84. The number of sulfonamides is 1.